The maximum atomic E-state index is 12.8. The van der Waals surface area contributed by atoms with E-state index in [0.717, 1.165) is 19.2 Å². The van der Waals surface area contributed by atoms with Crippen molar-refractivity contribution >= 4 is 5.69 Å². The molecular formula is C17H21F3N4O. The third kappa shape index (κ3) is 4.31. The van der Waals surface area contributed by atoms with Crippen molar-refractivity contribution in [3.05, 3.63) is 41.5 Å². The van der Waals surface area contributed by atoms with Gasteiger partial charge in [-0.05, 0) is 18.2 Å². The van der Waals surface area contributed by atoms with Crippen LogP contribution in [0, 0.1) is 0 Å². The summed E-state index contributed by atoms with van der Waals surface area (Å²) < 4.78 is 43.8. The van der Waals surface area contributed by atoms with Crippen LogP contribution in [-0.4, -0.2) is 41.2 Å². The molecule has 0 N–H and O–H groups in total. The van der Waals surface area contributed by atoms with Crippen LogP contribution >= 0.6 is 0 Å². The number of alkyl halides is 3. The molecular weight excluding hydrogens is 333 g/mol. The van der Waals surface area contributed by atoms with E-state index in [4.69, 9.17) is 4.52 Å². The number of piperazine rings is 1. The van der Waals surface area contributed by atoms with Crippen molar-refractivity contribution in [2.45, 2.75) is 32.5 Å². The van der Waals surface area contributed by atoms with Gasteiger partial charge in [0, 0.05) is 37.8 Å². The first-order chi connectivity index (χ1) is 11.8. The van der Waals surface area contributed by atoms with Gasteiger partial charge < -0.3 is 9.42 Å². The average Bonchev–Trinajstić information content (AvgIpc) is 3.04. The quantitative estimate of drug-likeness (QED) is 0.840. The topological polar surface area (TPSA) is 45.4 Å². The van der Waals surface area contributed by atoms with Crippen LogP contribution in [0.5, 0.6) is 0 Å². The van der Waals surface area contributed by atoms with E-state index in [1.165, 1.54) is 12.1 Å². The molecule has 2 aromatic rings. The van der Waals surface area contributed by atoms with E-state index in [0.29, 0.717) is 37.0 Å². The van der Waals surface area contributed by atoms with Crippen LogP contribution in [0.25, 0.3) is 0 Å². The second kappa shape index (κ2) is 7.03. The van der Waals surface area contributed by atoms with Crippen LogP contribution in [0.2, 0.25) is 0 Å². The van der Waals surface area contributed by atoms with Gasteiger partial charge in [-0.15, -0.1) is 0 Å². The second-order valence-electron chi connectivity index (χ2n) is 6.51. The Kier molecular flexibility index (Phi) is 4.99. The second-order valence-corrected chi connectivity index (χ2v) is 6.51. The maximum Gasteiger partial charge on any atom is 0.416 e. The molecule has 3 rings (SSSR count). The first kappa shape index (κ1) is 17.7. The Morgan fingerprint density at radius 3 is 2.48 bits per heavy atom. The lowest BCUT2D eigenvalue weighted by atomic mass is 10.1. The molecule has 0 atom stereocenters. The van der Waals surface area contributed by atoms with E-state index in [1.807, 2.05) is 18.7 Å². The first-order valence-corrected chi connectivity index (χ1v) is 8.30. The lowest BCUT2D eigenvalue weighted by Gasteiger charge is -2.35. The molecule has 1 saturated heterocycles. The SMILES string of the molecule is CC(C)c1noc(CN2CCN(c3cccc(C(F)(F)F)c3)CC2)n1. The summed E-state index contributed by atoms with van der Waals surface area (Å²) in [7, 11) is 0. The molecule has 0 amide bonds. The molecule has 136 valence electrons. The molecule has 0 radical (unpaired) electrons. The minimum Gasteiger partial charge on any atom is -0.369 e. The fourth-order valence-electron chi connectivity index (χ4n) is 2.80. The van der Waals surface area contributed by atoms with E-state index in [-0.39, 0.29) is 5.92 Å². The molecule has 8 heteroatoms. The van der Waals surface area contributed by atoms with Gasteiger partial charge in [0.1, 0.15) is 0 Å². The van der Waals surface area contributed by atoms with Gasteiger partial charge in [-0.25, -0.2) is 0 Å². The standard InChI is InChI=1S/C17H21F3N4O/c1-12(2)16-21-15(25-22-16)11-23-6-8-24(9-7-23)14-5-3-4-13(10-14)17(18,19)20/h3-5,10,12H,6-9,11H2,1-2H3. The number of halogens is 3. The lowest BCUT2D eigenvalue weighted by molar-refractivity contribution is -0.137. The summed E-state index contributed by atoms with van der Waals surface area (Å²) in [5.41, 5.74) is -0.00568. The van der Waals surface area contributed by atoms with Gasteiger partial charge in [-0.2, -0.15) is 18.2 Å². The largest absolute Gasteiger partial charge is 0.416 e. The molecule has 0 spiro atoms. The molecule has 25 heavy (non-hydrogen) atoms. The molecule has 0 unspecified atom stereocenters. The zero-order chi connectivity index (χ0) is 18.0. The van der Waals surface area contributed by atoms with Gasteiger partial charge in [-0.1, -0.05) is 25.1 Å². The highest BCUT2D eigenvalue weighted by atomic mass is 19.4. The fraction of sp³-hybridized carbons (Fsp3) is 0.529. The fourth-order valence-corrected chi connectivity index (χ4v) is 2.80. The number of nitrogens with zero attached hydrogens (tertiary/aromatic N) is 4. The van der Waals surface area contributed by atoms with Gasteiger partial charge in [0.25, 0.3) is 0 Å². The van der Waals surface area contributed by atoms with E-state index in [2.05, 4.69) is 15.0 Å². The summed E-state index contributed by atoms with van der Waals surface area (Å²) in [5, 5.41) is 3.95. The highest BCUT2D eigenvalue weighted by molar-refractivity contribution is 5.49. The Bertz CT molecular complexity index is 706. The van der Waals surface area contributed by atoms with Gasteiger partial charge in [-0.3, -0.25) is 4.90 Å². The van der Waals surface area contributed by atoms with E-state index < -0.39 is 11.7 Å². The third-order valence-corrected chi connectivity index (χ3v) is 4.27. The normalized spacial score (nSPS) is 16.6. The highest BCUT2D eigenvalue weighted by Gasteiger charge is 2.31. The van der Waals surface area contributed by atoms with Crippen LogP contribution < -0.4 is 4.90 Å². The van der Waals surface area contributed by atoms with E-state index in [1.54, 1.807) is 6.07 Å². The molecule has 5 nitrogen and oxygen atoms in total. The monoisotopic (exact) mass is 354 g/mol. The zero-order valence-corrected chi connectivity index (χ0v) is 14.3. The van der Waals surface area contributed by atoms with Gasteiger partial charge in [0.2, 0.25) is 5.89 Å². The summed E-state index contributed by atoms with van der Waals surface area (Å²) in [6.45, 7) is 7.35. The van der Waals surface area contributed by atoms with Crippen molar-refractivity contribution in [1.82, 2.24) is 15.0 Å². The number of aromatic nitrogens is 2. The molecule has 0 bridgehead atoms. The lowest BCUT2D eigenvalue weighted by Crippen LogP contribution is -2.46. The minimum atomic E-state index is -4.32. The average molecular weight is 354 g/mol. The zero-order valence-electron chi connectivity index (χ0n) is 14.3. The predicted molar refractivity (Wildman–Crippen MR) is 87.3 cm³/mol. The van der Waals surface area contributed by atoms with Crippen LogP contribution in [0.3, 0.4) is 0 Å². The van der Waals surface area contributed by atoms with Gasteiger partial charge in [0.15, 0.2) is 5.82 Å². The molecule has 1 aliphatic rings. The summed E-state index contributed by atoms with van der Waals surface area (Å²) in [4.78, 5) is 8.50. The van der Waals surface area contributed by atoms with Crippen molar-refractivity contribution in [3.8, 4) is 0 Å². The molecule has 0 saturated carbocycles. The van der Waals surface area contributed by atoms with Gasteiger partial charge in [0.05, 0.1) is 12.1 Å². The summed E-state index contributed by atoms with van der Waals surface area (Å²) in [5.74, 6) is 1.49. The number of hydrogen-bond acceptors (Lipinski definition) is 5. The molecule has 2 heterocycles. The Hall–Kier alpha value is -2.09. The maximum absolute atomic E-state index is 12.8. The van der Waals surface area contributed by atoms with Crippen molar-refractivity contribution in [2.24, 2.45) is 0 Å². The predicted octanol–water partition coefficient (Wildman–Crippen LogP) is 3.53. The number of anilines is 1. The van der Waals surface area contributed by atoms with Crippen molar-refractivity contribution in [3.63, 3.8) is 0 Å². The number of rotatable bonds is 4. The summed E-state index contributed by atoms with van der Waals surface area (Å²) in [6, 6.07) is 5.48. The molecule has 0 aliphatic carbocycles. The van der Waals surface area contributed by atoms with Crippen molar-refractivity contribution in [1.29, 1.82) is 0 Å². The molecule has 1 aliphatic heterocycles. The highest BCUT2D eigenvalue weighted by Crippen LogP contribution is 2.31. The van der Waals surface area contributed by atoms with Crippen LogP contribution in [0.15, 0.2) is 28.8 Å². The number of benzene rings is 1. The Labute approximate surface area is 144 Å². The Morgan fingerprint density at radius 2 is 1.88 bits per heavy atom. The van der Waals surface area contributed by atoms with Crippen molar-refractivity contribution < 1.29 is 17.7 Å². The van der Waals surface area contributed by atoms with E-state index >= 15 is 0 Å². The summed E-state index contributed by atoms with van der Waals surface area (Å²) >= 11 is 0. The van der Waals surface area contributed by atoms with Crippen LogP contribution in [0.4, 0.5) is 18.9 Å². The molecule has 1 aromatic carbocycles. The Balaban J connectivity index is 1.58. The molecule has 1 aromatic heterocycles. The third-order valence-electron chi connectivity index (χ3n) is 4.27. The molecule has 1 fully saturated rings. The summed E-state index contributed by atoms with van der Waals surface area (Å²) in [6.07, 6.45) is -4.32. The smallest absolute Gasteiger partial charge is 0.369 e. The Morgan fingerprint density at radius 1 is 1.16 bits per heavy atom. The first-order valence-electron chi connectivity index (χ1n) is 8.30. The van der Waals surface area contributed by atoms with Gasteiger partial charge >= 0.3 is 6.18 Å². The van der Waals surface area contributed by atoms with E-state index in [9.17, 15) is 13.2 Å². The van der Waals surface area contributed by atoms with Crippen molar-refractivity contribution in [2.75, 3.05) is 31.1 Å². The minimum absolute atomic E-state index is 0.218. The van der Waals surface area contributed by atoms with Crippen LogP contribution in [0.1, 0.15) is 37.0 Å². The number of hydrogen-bond donors (Lipinski definition) is 0. The van der Waals surface area contributed by atoms with Crippen LogP contribution in [-0.2, 0) is 12.7 Å².